The number of nitrogens with two attached hydrogens (primary N) is 1. The van der Waals surface area contributed by atoms with E-state index < -0.39 is 6.04 Å². The first-order valence-corrected chi connectivity index (χ1v) is 6.67. The van der Waals surface area contributed by atoms with Gasteiger partial charge in [-0.1, -0.05) is 0 Å². The molecule has 1 unspecified atom stereocenters. The first kappa shape index (κ1) is 14.2. The molecule has 0 radical (unpaired) electrons. The third kappa shape index (κ3) is 4.15. The van der Waals surface area contributed by atoms with Crippen molar-refractivity contribution < 1.29 is 19.1 Å². The van der Waals surface area contributed by atoms with Crippen molar-refractivity contribution in [1.29, 1.82) is 0 Å². The first-order valence-electron chi connectivity index (χ1n) is 6.67. The van der Waals surface area contributed by atoms with E-state index in [1.165, 1.54) is 4.90 Å². The molecule has 7 nitrogen and oxygen atoms in total. The summed E-state index contributed by atoms with van der Waals surface area (Å²) in [5, 5.41) is 2.90. The van der Waals surface area contributed by atoms with Gasteiger partial charge in [0.05, 0.1) is 19.8 Å². The maximum absolute atomic E-state index is 12.0. The number of rotatable bonds is 6. The smallest absolute Gasteiger partial charge is 0.249 e. The van der Waals surface area contributed by atoms with Gasteiger partial charge in [-0.2, -0.15) is 0 Å². The Morgan fingerprint density at radius 1 is 1.42 bits per heavy atom. The fraction of sp³-hybridized carbons (Fsp3) is 0.833. The summed E-state index contributed by atoms with van der Waals surface area (Å²) in [6, 6.07) is -0.261. The first-order chi connectivity index (χ1) is 9.22. The Balaban J connectivity index is 1.86. The average Bonchev–Trinajstić information content (AvgIpc) is 3.23. The second-order valence-corrected chi connectivity index (χ2v) is 4.80. The van der Waals surface area contributed by atoms with E-state index in [4.69, 9.17) is 15.2 Å². The second-order valence-electron chi connectivity index (χ2n) is 4.80. The standard InChI is InChI=1S/C12H21N3O4/c13-3-5-18-8-11(16)15-4-6-19-7-10(15)12(17)14-9-1-2-9/h9-10H,1-8,13H2,(H,14,17). The van der Waals surface area contributed by atoms with Gasteiger partial charge in [-0.25, -0.2) is 0 Å². The van der Waals surface area contributed by atoms with Crippen LogP contribution in [0.5, 0.6) is 0 Å². The van der Waals surface area contributed by atoms with Crippen LogP contribution in [-0.4, -0.2) is 68.3 Å². The molecule has 1 aliphatic carbocycles. The fourth-order valence-electron chi connectivity index (χ4n) is 1.97. The zero-order valence-electron chi connectivity index (χ0n) is 11.0. The number of morpholine rings is 1. The summed E-state index contributed by atoms with van der Waals surface area (Å²) in [5.41, 5.74) is 5.30. The molecular formula is C12H21N3O4. The van der Waals surface area contributed by atoms with Crippen LogP contribution in [0.3, 0.4) is 0 Å². The van der Waals surface area contributed by atoms with Gasteiger partial charge in [-0.3, -0.25) is 9.59 Å². The van der Waals surface area contributed by atoms with Crippen LogP contribution >= 0.6 is 0 Å². The van der Waals surface area contributed by atoms with E-state index in [1.54, 1.807) is 0 Å². The minimum Gasteiger partial charge on any atom is -0.377 e. The molecule has 1 saturated carbocycles. The van der Waals surface area contributed by atoms with Crippen LogP contribution in [0.4, 0.5) is 0 Å². The molecule has 0 aromatic rings. The number of carbonyl (C=O) groups is 2. The highest BCUT2D eigenvalue weighted by atomic mass is 16.5. The monoisotopic (exact) mass is 271 g/mol. The molecule has 1 aliphatic heterocycles. The third-order valence-electron chi connectivity index (χ3n) is 3.16. The van der Waals surface area contributed by atoms with Crippen molar-refractivity contribution in [3.8, 4) is 0 Å². The molecule has 2 aliphatic rings. The summed E-state index contributed by atoms with van der Waals surface area (Å²) in [6.07, 6.45) is 2.04. The molecule has 0 bridgehead atoms. The van der Waals surface area contributed by atoms with Crippen LogP contribution in [0.15, 0.2) is 0 Å². The van der Waals surface area contributed by atoms with Gasteiger partial charge in [0.2, 0.25) is 11.8 Å². The van der Waals surface area contributed by atoms with Gasteiger partial charge in [0, 0.05) is 19.1 Å². The lowest BCUT2D eigenvalue weighted by molar-refractivity contribution is -0.151. The van der Waals surface area contributed by atoms with Crippen LogP contribution in [-0.2, 0) is 19.1 Å². The molecule has 0 spiro atoms. The van der Waals surface area contributed by atoms with Crippen molar-refractivity contribution in [2.45, 2.75) is 24.9 Å². The number of hydrogen-bond donors (Lipinski definition) is 2. The predicted octanol–water partition coefficient (Wildman–Crippen LogP) is -1.53. The maximum Gasteiger partial charge on any atom is 0.249 e. The summed E-state index contributed by atoms with van der Waals surface area (Å²) in [5.74, 6) is -0.318. The van der Waals surface area contributed by atoms with Gasteiger partial charge < -0.3 is 25.4 Å². The van der Waals surface area contributed by atoms with Crippen molar-refractivity contribution >= 4 is 11.8 Å². The van der Waals surface area contributed by atoms with Crippen molar-refractivity contribution in [3.63, 3.8) is 0 Å². The van der Waals surface area contributed by atoms with Gasteiger partial charge in [-0.05, 0) is 12.8 Å². The lowest BCUT2D eigenvalue weighted by Crippen LogP contribution is -2.57. The zero-order chi connectivity index (χ0) is 13.7. The van der Waals surface area contributed by atoms with E-state index in [0.29, 0.717) is 26.3 Å². The highest BCUT2D eigenvalue weighted by molar-refractivity contribution is 5.88. The molecular weight excluding hydrogens is 250 g/mol. The molecule has 2 rings (SSSR count). The van der Waals surface area contributed by atoms with E-state index >= 15 is 0 Å². The Morgan fingerprint density at radius 2 is 2.21 bits per heavy atom. The van der Waals surface area contributed by atoms with Crippen LogP contribution < -0.4 is 11.1 Å². The Morgan fingerprint density at radius 3 is 2.89 bits per heavy atom. The normalized spacial score (nSPS) is 23.2. The summed E-state index contributed by atoms with van der Waals surface area (Å²) in [4.78, 5) is 25.6. The predicted molar refractivity (Wildman–Crippen MR) is 67.4 cm³/mol. The van der Waals surface area contributed by atoms with E-state index in [9.17, 15) is 9.59 Å². The Kier molecular flexibility index (Phi) is 5.12. The summed E-state index contributed by atoms with van der Waals surface area (Å²) >= 11 is 0. The van der Waals surface area contributed by atoms with E-state index in [2.05, 4.69) is 5.32 Å². The third-order valence-corrected chi connectivity index (χ3v) is 3.16. The minimum atomic E-state index is -0.539. The van der Waals surface area contributed by atoms with Crippen molar-refractivity contribution in [2.75, 3.05) is 39.5 Å². The average molecular weight is 271 g/mol. The lowest BCUT2D eigenvalue weighted by atomic mass is 10.2. The maximum atomic E-state index is 12.0. The topological polar surface area (TPSA) is 93.9 Å². The highest BCUT2D eigenvalue weighted by Gasteiger charge is 2.35. The van der Waals surface area contributed by atoms with Crippen molar-refractivity contribution in [1.82, 2.24) is 10.2 Å². The van der Waals surface area contributed by atoms with Gasteiger partial charge >= 0.3 is 0 Å². The lowest BCUT2D eigenvalue weighted by Gasteiger charge is -2.34. The Hall–Kier alpha value is -1.18. The molecule has 3 N–H and O–H groups in total. The largest absolute Gasteiger partial charge is 0.377 e. The molecule has 0 aromatic heterocycles. The molecule has 108 valence electrons. The van der Waals surface area contributed by atoms with Gasteiger partial charge in [0.25, 0.3) is 0 Å². The number of nitrogens with one attached hydrogen (secondary N) is 1. The molecule has 2 amide bonds. The summed E-state index contributed by atoms with van der Waals surface area (Å²) in [6.45, 7) is 1.81. The number of amides is 2. The van der Waals surface area contributed by atoms with Gasteiger partial charge in [0.1, 0.15) is 12.6 Å². The van der Waals surface area contributed by atoms with E-state index in [1.807, 2.05) is 0 Å². The molecule has 1 saturated heterocycles. The van der Waals surface area contributed by atoms with Crippen molar-refractivity contribution in [2.24, 2.45) is 5.73 Å². The number of carbonyl (C=O) groups excluding carboxylic acids is 2. The quantitative estimate of drug-likeness (QED) is 0.572. The van der Waals surface area contributed by atoms with Crippen LogP contribution in [0.1, 0.15) is 12.8 Å². The molecule has 7 heteroatoms. The second kappa shape index (κ2) is 6.83. The fourth-order valence-corrected chi connectivity index (χ4v) is 1.97. The molecule has 19 heavy (non-hydrogen) atoms. The van der Waals surface area contributed by atoms with E-state index in [0.717, 1.165) is 12.8 Å². The summed E-state index contributed by atoms with van der Waals surface area (Å²) < 4.78 is 10.4. The van der Waals surface area contributed by atoms with Gasteiger partial charge in [-0.15, -0.1) is 0 Å². The minimum absolute atomic E-state index is 0.0373. The number of ether oxygens (including phenoxy) is 2. The molecule has 2 fully saturated rings. The molecule has 1 atom stereocenters. The molecule has 0 aromatic carbocycles. The van der Waals surface area contributed by atoms with Crippen LogP contribution in [0, 0.1) is 0 Å². The molecule has 1 heterocycles. The number of nitrogens with zero attached hydrogens (tertiary/aromatic N) is 1. The van der Waals surface area contributed by atoms with Crippen molar-refractivity contribution in [3.05, 3.63) is 0 Å². The van der Waals surface area contributed by atoms with Gasteiger partial charge in [0.15, 0.2) is 0 Å². The Labute approximate surface area is 112 Å². The summed E-state index contributed by atoms with van der Waals surface area (Å²) in [7, 11) is 0. The highest BCUT2D eigenvalue weighted by Crippen LogP contribution is 2.19. The van der Waals surface area contributed by atoms with Crippen LogP contribution in [0.25, 0.3) is 0 Å². The van der Waals surface area contributed by atoms with E-state index in [-0.39, 0.29) is 31.1 Å². The number of hydrogen-bond acceptors (Lipinski definition) is 5. The van der Waals surface area contributed by atoms with Crippen LogP contribution in [0.2, 0.25) is 0 Å². The Bertz CT molecular complexity index is 333. The SMILES string of the molecule is NCCOCC(=O)N1CCOCC1C(=O)NC1CC1. The zero-order valence-corrected chi connectivity index (χ0v) is 11.0.